The lowest BCUT2D eigenvalue weighted by Crippen LogP contribution is -2.21. The zero-order valence-corrected chi connectivity index (χ0v) is 15.7. The molecule has 8 heteroatoms. The molecule has 28 heavy (non-hydrogen) atoms. The van der Waals surface area contributed by atoms with Crippen LogP contribution in [0.25, 0.3) is 0 Å². The van der Waals surface area contributed by atoms with Crippen LogP contribution in [-0.4, -0.2) is 34.3 Å². The molecule has 0 aliphatic heterocycles. The number of anilines is 1. The van der Waals surface area contributed by atoms with Crippen LogP contribution in [0.3, 0.4) is 0 Å². The number of ether oxygens (including phenoxy) is 1. The highest BCUT2D eigenvalue weighted by atomic mass is 16.5. The molecule has 0 saturated heterocycles. The quantitative estimate of drug-likeness (QED) is 0.316. The average Bonchev–Trinajstić information content (AvgIpc) is 2.68. The zero-order chi connectivity index (χ0) is 20.5. The molecule has 2 aromatic rings. The highest BCUT2D eigenvalue weighted by molar-refractivity contribution is 6.02. The fraction of sp³-hybridized carbons (Fsp3) is 0.250. The van der Waals surface area contributed by atoms with E-state index < -0.39 is 5.91 Å². The van der Waals surface area contributed by atoms with Gasteiger partial charge in [-0.25, -0.2) is 5.43 Å². The first-order chi connectivity index (χ1) is 13.4. The SMILES string of the molecule is CCOc1ccc(NC(=O)CCC(=O)N/N=C(/C)c2cc(O)ccc2O)cc1. The Morgan fingerprint density at radius 2 is 1.71 bits per heavy atom. The van der Waals surface area contributed by atoms with Crippen molar-refractivity contribution in [2.75, 3.05) is 11.9 Å². The molecular formula is C20H23N3O5. The van der Waals surface area contributed by atoms with Crippen molar-refractivity contribution in [1.82, 2.24) is 5.43 Å². The van der Waals surface area contributed by atoms with E-state index in [9.17, 15) is 19.8 Å². The maximum Gasteiger partial charge on any atom is 0.240 e. The molecule has 0 aliphatic rings. The summed E-state index contributed by atoms with van der Waals surface area (Å²) in [6.07, 6.45) is -0.0589. The average molecular weight is 385 g/mol. The van der Waals surface area contributed by atoms with Crippen LogP contribution in [0, 0.1) is 0 Å². The number of rotatable bonds is 8. The monoisotopic (exact) mass is 385 g/mol. The van der Waals surface area contributed by atoms with Crippen molar-refractivity contribution in [1.29, 1.82) is 0 Å². The van der Waals surface area contributed by atoms with Crippen LogP contribution in [0.1, 0.15) is 32.3 Å². The molecule has 4 N–H and O–H groups in total. The van der Waals surface area contributed by atoms with Crippen LogP contribution in [-0.2, 0) is 9.59 Å². The third-order valence-corrected chi connectivity index (χ3v) is 3.75. The number of phenolic OH excluding ortho intramolecular Hbond substituents is 2. The molecule has 2 amide bonds. The number of nitrogens with zero attached hydrogens (tertiary/aromatic N) is 1. The summed E-state index contributed by atoms with van der Waals surface area (Å²) in [6, 6.07) is 11.0. The lowest BCUT2D eigenvalue weighted by Gasteiger charge is -2.07. The minimum Gasteiger partial charge on any atom is -0.508 e. The summed E-state index contributed by atoms with van der Waals surface area (Å²) in [5, 5.41) is 25.8. The van der Waals surface area contributed by atoms with Gasteiger partial charge >= 0.3 is 0 Å². The lowest BCUT2D eigenvalue weighted by atomic mass is 10.1. The van der Waals surface area contributed by atoms with Crippen molar-refractivity contribution < 1.29 is 24.5 Å². The number of phenols is 2. The van der Waals surface area contributed by atoms with E-state index in [4.69, 9.17) is 4.74 Å². The van der Waals surface area contributed by atoms with Crippen LogP contribution < -0.4 is 15.5 Å². The molecule has 0 fully saturated rings. The second-order valence-corrected chi connectivity index (χ2v) is 5.94. The number of hydrogen-bond acceptors (Lipinski definition) is 6. The summed E-state index contributed by atoms with van der Waals surface area (Å²) in [5.74, 6) is -0.125. The van der Waals surface area contributed by atoms with E-state index in [1.54, 1.807) is 31.2 Å². The molecule has 0 saturated carbocycles. The molecule has 2 rings (SSSR count). The number of amides is 2. The Kier molecular flexibility index (Phi) is 7.38. The van der Waals surface area contributed by atoms with Crippen molar-refractivity contribution in [2.24, 2.45) is 5.10 Å². The van der Waals surface area contributed by atoms with Gasteiger partial charge in [0.15, 0.2) is 0 Å². The van der Waals surface area contributed by atoms with Gasteiger partial charge in [0.1, 0.15) is 17.2 Å². The molecule has 148 valence electrons. The minimum absolute atomic E-state index is 0.00894. The van der Waals surface area contributed by atoms with Gasteiger partial charge in [0.25, 0.3) is 0 Å². The van der Waals surface area contributed by atoms with Crippen LogP contribution in [0.15, 0.2) is 47.6 Å². The number of hydrogen-bond donors (Lipinski definition) is 4. The molecule has 0 spiro atoms. The number of carbonyl (C=O) groups is 2. The third-order valence-electron chi connectivity index (χ3n) is 3.75. The van der Waals surface area contributed by atoms with E-state index in [0.717, 1.165) is 0 Å². The molecule has 0 atom stereocenters. The molecule has 0 radical (unpaired) electrons. The number of hydrazone groups is 1. The van der Waals surface area contributed by atoms with Gasteiger partial charge in [-0.15, -0.1) is 0 Å². The van der Waals surface area contributed by atoms with Crippen molar-refractivity contribution >= 4 is 23.2 Å². The summed E-state index contributed by atoms with van der Waals surface area (Å²) in [5.41, 5.74) is 3.56. The number of carbonyl (C=O) groups excluding carboxylic acids is 2. The summed E-state index contributed by atoms with van der Waals surface area (Å²) >= 11 is 0. The van der Waals surface area contributed by atoms with E-state index in [1.807, 2.05) is 6.92 Å². The second-order valence-electron chi connectivity index (χ2n) is 5.94. The summed E-state index contributed by atoms with van der Waals surface area (Å²) in [7, 11) is 0. The van der Waals surface area contributed by atoms with Crippen molar-refractivity contribution in [3.63, 3.8) is 0 Å². The number of nitrogens with one attached hydrogen (secondary N) is 2. The fourth-order valence-corrected chi connectivity index (χ4v) is 2.33. The third kappa shape index (κ3) is 6.31. The van der Waals surface area contributed by atoms with Gasteiger partial charge < -0.3 is 20.3 Å². The van der Waals surface area contributed by atoms with E-state index in [2.05, 4.69) is 15.8 Å². The van der Waals surface area contributed by atoms with E-state index in [1.165, 1.54) is 18.2 Å². The Hall–Kier alpha value is -3.55. The number of benzene rings is 2. The molecule has 0 unspecified atom stereocenters. The zero-order valence-electron chi connectivity index (χ0n) is 15.7. The van der Waals surface area contributed by atoms with Crippen molar-refractivity contribution in [3.8, 4) is 17.2 Å². The van der Waals surface area contributed by atoms with Crippen LogP contribution in [0.5, 0.6) is 17.2 Å². The summed E-state index contributed by atoms with van der Waals surface area (Å²) < 4.78 is 5.33. The van der Waals surface area contributed by atoms with E-state index >= 15 is 0 Å². The predicted molar refractivity (Wildman–Crippen MR) is 106 cm³/mol. The highest BCUT2D eigenvalue weighted by Gasteiger charge is 2.09. The van der Waals surface area contributed by atoms with Gasteiger partial charge in [-0.05, 0) is 56.3 Å². The number of aromatic hydroxyl groups is 2. The Labute approximate surface area is 162 Å². The van der Waals surface area contributed by atoms with Crippen molar-refractivity contribution in [2.45, 2.75) is 26.7 Å². The molecule has 0 heterocycles. The topological polar surface area (TPSA) is 120 Å². The van der Waals surface area contributed by atoms with Crippen LogP contribution >= 0.6 is 0 Å². The van der Waals surface area contributed by atoms with Gasteiger partial charge in [0.05, 0.1) is 12.3 Å². The Morgan fingerprint density at radius 1 is 1.04 bits per heavy atom. The highest BCUT2D eigenvalue weighted by Crippen LogP contribution is 2.22. The molecular weight excluding hydrogens is 362 g/mol. The normalized spacial score (nSPS) is 11.0. The van der Waals surface area contributed by atoms with Gasteiger partial charge in [-0.3, -0.25) is 9.59 Å². The Bertz CT molecular complexity index is 863. The molecule has 0 bridgehead atoms. The van der Waals surface area contributed by atoms with Gasteiger partial charge in [0.2, 0.25) is 11.8 Å². The van der Waals surface area contributed by atoms with Gasteiger partial charge in [-0.1, -0.05) is 0 Å². The fourth-order valence-electron chi connectivity index (χ4n) is 2.33. The first-order valence-corrected chi connectivity index (χ1v) is 8.77. The molecule has 8 nitrogen and oxygen atoms in total. The van der Waals surface area contributed by atoms with Gasteiger partial charge in [-0.2, -0.15) is 5.10 Å². The maximum atomic E-state index is 12.0. The first-order valence-electron chi connectivity index (χ1n) is 8.77. The predicted octanol–water partition coefficient (Wildman–Crippen LogP) is 2.76. The van der Waals surface area contributed by atoms with E-state index in [0.29, 0.717) is 29.3 Å². The summed E-state index contributed by atoms with van der Waals surface area (Å²) in [6.45, 7) is 4.03. The first kappa shape index (κ1) is 20.8. The maximum absolute atomic E-state index is 12.0. The van der Waals surface area contributed by atoms with Crippen LogP contribution in [0.4, 0.5) is 5.69 Å². The molecule has 0 aromatic heterocycles. The lowest BCUT2D eigenvalue weighted by molar-refractivity contribution is -0.124. The van der Waals surface area contributed by atoms with E-state index in [-0.39, 0.29) is 30.2 Å². The van der Waals surface area contributed by atoms with Crippen molar-refractivity contribution in [3.05, 3.63) is 48.0 Å². The Balaban J connectivity index is 1.81. The standard InChI is InChI=1S/C20H23N3O5/c1-3-28-16-7-4-14(5-8-16)21-19(26)10-11-20(27)23-22-13(2)17-12-15(24)6-9-18(17)25/h4-9,12,24-25H,3,10-11H2,1-2H3,(H,21,26)(H,23,27)/b22-13-. The minimum atomic E-state index is -0.444. The molecule has 2 aromatic carbocycles. The largest absolute Gasteiger partial charge is 0.508 e. The second kappa shape index (κ2) is 9.96. The smallest absolute Gasteiger partial charge is 0.240 e. The van der Waals surface area contributed by atoms with Gasteiger partial charge in [0, 0.05) is 24.1 Å². The van der Waals surface area contributed by atoms with Crippen LogP contribution in [0.2, 0.25) is 0 Å². The summed E-state index contributed by atoms with van der Waals surface area (Å²) in [4.78, 5) is 23.8. The molecule has 0 aliphatic carbocycles. The Morgan fingerprint density at radius 3 is 2.39 bits per heavy atom.